The molecule has 0 bridgehead atoms. The van der Waals surface area contributed by atoms with Crippen LogP contribution in [-0.2, 0) is 11.2 Å². The molecule has 0 spiro atoms. The van der Waals surface area contributed by atoms with Crippen LogP contribution in [-0.4, -0.2) is 43.8 Å². The second-order valence-corrected chi connectivity index (χ2v) is 8.53. The summed E-state index contributed by atoms with van der Waals surface area (Å²) in [5.41, 5.74) is 5.88. The summed E-state index contributed by atoms with van der Waals surface area (Å²) in [6.07, 6.45) is 2.72. The normalized spacial score (nSPS) is 17.1. The first kappa shape index (κ1) is 20.1. The minimum absolute atomic E-state index is 0.0696. The number of nitrogens with zero attached hydrogens (tertiary/aromatic N) is 4. The van der Waals surface area contributed by atoms with Gasteiger partial charge in [0.15, 0.2) is 0 Å². The molecule has 6 nitrogen and oxygen atoms in total. The lowest BCUT2D eigenvalue weighted by Crippen LogP contribution is -2.22. The summed E-state index contributed by atoms with van der Waals surface area (Å²) in [4.78, 5) is 0. The number of aliphatic hydroxyl groups is 1. The van der Waals surface area contributed by atoms with Crippen LogP contribution in [0.15, 0.2) is 47.6 Å². The third-order valence-electron chi connectivity index (χ3n) is 5.23. The lowest BCUT2D eigenvalue weighted by Gasteiger charge is -2.26. The van der Waals surface area contributed by atoms with Gasteiger partial charge < -0.3 is 9.84 Å². The van der Waals surface area contributed by atoms with Gasteiger partial charge in [-0.1, -0.05) is 53.7 Å². The molecule has 0 amide bonds. The van der Waals surface area contributed by atoms with E-state index >= 15 is 0 Å². The fourth-order valence-corrected chi connectivity index (χ4v) is 4.58. The highest BCUT2D eigenvalue weighted by Gasteiger charge is 2.21. The largest absolute Gasteiger partial charge is 0.390 e. The second kappa shape index (κ2) is 9.07. The first-order valence-electron chi connectivity index (χ1n) is 9.98. The molecule has 0 saturated carbocycles. The minimum Gasteiger partial charge on any atom is -0.390 e. The van der Waals surface area contributed by atoms with Gasteiger partial charge in [0.05, 0.1) is 24.5 Å². The summed E-state index contributed by atoms with van der Waals surface area (Å²) in [5.74, 6) is 0.472. The van der Waals surface area contributed by atoms with E-state index in [-0.39, 0.29) is 6.10 Å². The van der Waals surface area contributed by atoms with E-state index in [9.17, 15) is 5.11 Å². The highest BCUT2D eigenvalue weighted by atomic mass is 32.2. The molecule has 4 rings (SSSR count). The number of hydrogen-bond donors (Lipinski definition) is 1. The van der Waals surface area contributed by atoms with Crippen LogP contribution in [0.5, 0.6) is 0 Å². The molecule has 1 aliphatic rings. The average molecular weight is 411 g/mol. The number of tetrazole rings is 1. The van der Waals surface area contributed by atoms with Crippen molar-refractivity contribution in [1.82, 2.24) is 20.2 Å². The molecule has 2 aromatic carbocycles. The molecule has 1 aliphatic carbocycles. The van der Waals surface area contributed by atoms with E-state index in [4.69, 9.17) is 4.74 Å². The molecule has 0 saturated heterocycles. The van der Waals surface area contributed by atoms with E-state index in [1.165, 1.54) is 28.5 Å². The topological polar surface area (TPSA) is 73.1 Å². The van der Waals surface area contributed by atoms with E-state index in [0.717, 1.165) is 30.5 Å². The molecule has 0 fully saturated rings. The monoisotopic (exact) mass is 410 g/mol. The Morgan fingerprint density at radius 3 is 2.97 bits per heavy atom. The summed E-state index contributed by atoms with van der Waals surface area (Å²) in [7, 11) is 0. The Bertz CT molecular complexity index is 975. The number of hydrogen-bond acceptors (Lipinski definition) is 6. The van der Waals surface area contributed by atoms with Crippen molar-refractivity contribution in [2.24, 2.45) is 0 Å². The summed E-state index contributed by atoms with van der Waals surface area (Å²) in [6.45, 7) is 4.41. The Morgan fingerprint density at radius 2 is 2.10 bits per heavy atom. The third kappa shape index (κ3) is 4.69. The van der Waals surface area contributed by atoms with Crippen LogP contribution in [0.1, 0.15) is 41.2 Å². The fourth-order valence-electron chi connectivity index (χ4n) is 3.79. The van der Waals surface area contributed by atoms with Gasteiger partial charge in [-0.05, 0) is 66.3 Å². The molecule has 29 heavy (non-hydrogen) atoms. The number of aromatic nitrogens is 4. The molecule has 0 radical (unpaired) electrons. The van der Waals surface area contributed by atoms with Crippen LogP contribution >= 0.6 is 11.8 Å². The smallest absolute Gasteiger partial charge is 0.214 e. The van der Waals surface area contributed by atoms with Crippen LogP contribution < -0.4 is 0 Å². The van der Waals surface area contributed by atoms with Gasteiger partial charge in [0, 0.05) is 5.75 Å². The van der Waals surface area contributed by atoms with E-state index < -0.39 is 6.10 Å². The lowest BCUT2D eigenvalue weighted by atomic mass is 9.89. The zero-order chi connectivity index (χ0) is 20.2. The highest BCUT2D eigenvalue weighted by Crippen LogP contribution is 2.32. The zero-order valence-corrected chi connectivity index (χ0v) is 17.6. The molecule has 1 aromatic heterocycles. The van der Waals surface area contributed by atoms with Crippen molar-refractivity contribution in [2.75, 3.05) is 12.4 Å². The molecule has 0 aliphatic heterocycles. The first-order valence-corrected chi connectivity index (χ1v) is 11.0. The molecular formula is C22H26N4O2S. The Labute approximate surface area is 175 Å². The number of aryl methyl sites for hydroxylation is 3. The van der Waals surface area contributed by atoms with Gasteiger partial charge in [-0.3, -0.25) is 0 Å². The maximum Gasteiger partial charge on any atom is 0.214 e. The van der Waals surface area contributed by atoms with Crippen molar-refractivity contribution in [3.63, 3.8) is 0 Å². The van der Waals surface area contributed by atoms with Crippen LogP contribution in [0.3, 0.4) is 0 Å². The minimum atomic E-state index is -0.585. The summed E-state index contributed by atoms with van der Waals surface area (Å²) < 4.78 is 7.79. The van der Waals surface area contributed by atoms with E-state index in [0.29, 0.717) is 17.5 Å². The Morgan fingerprint density at radius 1 is 1.24 bits per heavy atom. The lowest BCUT2D eigenvalue weighted by molar-refractivity contribution is -0.00960. The summed E-state index contributed by atoms with van der Waals surface area (Å²) in [5, 5.41) is 23.2. The number of fused-ring (bicyclic) bond motifs is 1. The number of ether oxygens (including phenoxy) is 1. The molecule has 0 unspecified atom stereocenters. The molecule has 1 N–H and O–H groups in total. The van der Waals surface area contributed by atoms with Crippen LogP contribution in [0.4, 0.5) is 0 Å². The predicted molar refractivity (Wildman–Crippen MR) is 113 cm³/mol. The molecular weight excluding hydrogens is 384 g/mol. The van der Waals surface area contributed by atoms with Gasteiger partial charge in [0.2, 0.25) is 5.16 Å². The molecule has 7 heteroatoms. The van der Waals surface area contributed by atoms with Crippen molar-refractivity contribution < 1.29 is 9.84 Å². The van der Waals surface area contributed by atoms with Gasteiger partial charge in [-0.15, -0.1) is 5.10 Å². The van der Waals surface area contributed by atoms with Crippen LogP contribution in [0, 0.1) is 13.8 Å². The SMILES string of the molecule is Cc1ccc(-n2nnnc2SC[C@@H](O)CO[C@H]2CCCc3ccccc32)c(C)c1. The summed E-state index contributed by atoms with van der Waals surface area (Å²) >= 11 is 1.44. The van der Waals surface area contributed by atoms with Crippen LogP contribution in [0.25, 0.3) is 5.69 Å². The zero-order valence-electron chi connectivity index (χ0n) is 16.8. The fraction of sp³-hybridized carbons (Fsp3) is 0.409. The number of thioether (sulfide) groups is 1. The maximum atomic E-state index is 10.5. The number of rotatable bonds is 7. The highest BCUT2D eigenvalue weighted by molar-refractivity contribution is 7.99. The average Bonchev–Trinajstić information content (AvgIpc) is 3.19. The summed E-state index contributed by atoms with van der Waals surface area (Å²) in [6, 6.07) is 14.6. The van der Waals surface area contributed by atoms with Crippen molar-refractivity contribution in [1.29, 1.82) is 0 Å². The Balaban J connectivity index is 1.34. The van der Waals surface area contributed by atoms with Gasteiger partial charge >= 0.3 is 0 Å². The van der Waals surface area contributed by atoms with Gasteiger partial charge in [-0.25, -0.2) is 0 Å². The van der Waals surface area contributed by atoms with Crippen molar-refractivity contribution in [3.05, 3.63) is 64.7 Å². The number of benzene rings is 2. The van der Waals surface area contributed by atoms with Gasteiger partial charge in [0.1, 0.15) is 0 Å². The quantitative estimate of drug-likeness (QED) is 0.597. The number of aliphatic hydroxyl groups excluding tert-OH is 1. The van der Waals surface area contributed by atoms with Gasteiger partial charge in [0.25, 0.3) is 0 Å². The third-order valence-corrected chi connectivity index (χ3v) is 6.29. The van der Waals surface area contributed by atoms with Crippen molar-refractivity contribution >= 4 is 11.8 Å². The van der Waals surface area contributed by atoms with Crippen molar-refractivity contribution in [2.45, 2.75) is 50.5 Å². The molecule has 1 heterocycles. The molecule has 2 atom stereocenters. The predicted octanol–water partition coefficient (Wildman–Crippen LogP) is 3.83. The molecule has 3 aromatic rings. The Hall–Kier alpha value is -2.22. The van der Waals surface area contributed by atoms with Crippen molar-refractivity contribution in [3.8, 4) is 5.69 Å². The molecule has 152 valence electrons. The maximum absolute atomic E-state index is 10.5. The van der Waals surface area contributed by atoms with E-state index in [1.54, 1.807) is 4.68 Å². The van der Waals surface area contributed by atoms with E-state index in [1.807, 2.05) is 19.1 Å². The van der Waals surface area contributed by atoms with E-state index in [2.05, 4.69) is 52.8 Å². The standard InChI is InChI=1S/C22H26N4O2S/c1-15-10-11-20(16(2)12-15)26-22(23-24-25-26)29-14-18(27)13-28-21-9-5-7-17-6-3-4-8-19(17)21/h3-4,6,8,10-12,18,21,27H,5,7,9,13-14H2,1-2H3/t18-,21-/m0/s1. The van der Waals surface area contributed by atoms with Crippen LogP contribution in [0.2, 0.25) is 0 Å². The van der Waals surface area contributed by atoms with Gasteiger partial charge in [-0.2, -0.15) is 4.68 Å². The first-order chi connectivity index (χ1) is 14.1. The Kier molecular flexibility index (Phi) is 6.28. The second-order valence-electron chi connectivity index (χ2n) is 7.54.